The molecule has 1 saturated heterocycles. The van der Waals surface area contributed by atoms with Crippen LogP contribution >= 0.6 is 0 Å². The molecule has 1 amide bonds. The van der Waals surface area contributed by atoms with Gasteiger partial charge in [0.15, 0.2) is 0 Å². The highest BCUT2D eigenvalue weighted by Crippen LogP contribution is 2.32. The van der Waals surface area contributed by atoms with Gasteiger partial charge in [0.25, 0.3) is 5.91 Å². The number of pyridine rings is 1. The van der Waals surface area contributed by atoms with Crippen LogP contribution in [0, 0.1) is 0 Å². The van der Waals surface area contributed by atoms with Crippen molar-refractivity contribution >= 4 is 5.91 Å². The number of carbonyl (C=O) groups is 1. The summed E-state index contributed by atoms with van der Waals surface area (Å²) in [6, 6.07) is 24.1. The molecular weight excluding hydrogens is 410 g/mol. The van der Waals surface area contributed by atoms with Gasteiger partial charge < -0.3 is 9.32 Å². The lowest BCUT2D eigenvalue weighted by Gasteiger charge is -2.33. The third-order valence-corrected chi connectivity index (χ3v) is 6.14. The van der Waals surface area contributed by atoms with E-state index < -0.39 is 0 Å². The Morgan fingerprint density at radius 2 is 1.58 bits per heavy atom. The number of amides is 1. The van der Waals surface area contributed by atoms with Crippen LogP contribution in [0.4, 0.5) is 0 Å². The van der Waals surface area contributed by atoms with Crippen LogP contribution in [0.1, 0.15) is 64.1 Å². The zero-order valence-electron chi connectivity index (χ0n) is 18.6. The Kier molecular flexibility index (Phi) is 6.29. The van der Waals surface area contributed by atoms with Crippen molar-refractivity contribution in [3.63, 3.8) is 0 Å². The number of hydrogen-bond acceptors (Lipinski definition) is 4. The maximum atomic E-state index is 13.4. The molecule has 1 unspecified atom stereocenters. The summed E-state index contributed by atoms with van der Waals surface area (Å²) in [6.45, 7) is 0.700. The SMILES string of the molecule is O=C(c1ccc(Cc2ccccc2)nc1)N1CCCCC1c1ncc(Cc2ccccc2)o1. The van der Waals surface area contributed by atoms with Gasteiger partial charge in [-0.05, 0) is 42.5 Å². The second-order valence-corrected chi connectivity index (χ2v) is 8.54. The van der Waals surface area contributed by atoms with Crippen LogP contribution in [0.5, 0.6) is 0 Å². The van der Waals surface area contributed by atoms with Gasteiger partial charge >= 0.3 is 0 Å². The van der Waals surface area contributed by atoms with E-state index >= 15 is 0 Å². The Hall–Kier alpha value is -3.73. The molecule has 1 aliphatic rings. The van der Waals surface area contributed by atoms with Gasteiger partial charge in [-0.1, -0.05) is 60.7 Å². The minimum absolute atomic E-state index is 0.0127. The standard InChI is InChI=1S/C28H27N3O2/c32-28(23-14-15-24(29-19-23)17-21-9-3-1-4-10-21)31-16-8-7-13-26(31)27-30-20-25(33-27)18-22-11-5-2-6-12-22/h1-6,9-12,14-15,19-20,26H,7-8,13,16-18H2. The van der Waals surface area contributed by atoms with Crippen molar-refractivity contribution in [3.8, 4) is 0 Å². The number of nitrogens with zero attached hydrogens (tertiary/aromatic N) is 3. The molecule has 166 valence electrons. The minimum Gasteiger partial charge on any atom is -0.443 e. The molecule has 1 fully saturated rings. The molecule has 0 radical (unpaired) electrons. The van der Waals surface area contributed by atoms with Crippen LogP contribution in [0.3, 0.4) is 0 Å². The molecule has 5 heteroatoms. The average molecular weight is 438 g/mol. The van der Waals surface area contributed by atoms with Crippen LogP contribution in [-0.4, -0.2) is 27.3 Å². The van der Waals surface area contributed by atoms with Crippen LogP contribution in [0.2, 0.25) is 0 Å². The van der Waals surface area contributed by atoms with Crippen molar-refractivity contribution in [1.82, 2.24) is 14.9 Å². The second kappa shape index (κ2) is 9.82. The van der Waals surface area contributed by atoms with Crippen molar-refractivity contribution in [2.45, 2.75) is 38.1 Å². The minimum atomic E-state index is -0.139. The summed E-state index contributed by atoms with van der Waals surface area (Å²) < 4.78 is 6.11. The number of likely N-dealkylation sites (tertiary alicyclic amines) is 1. The number of aromatic nitrogens is 2. The van der Waals surface area contributed by atoms with Crippen molar-refractivity contribution in [2.24, 2.45) is 0 Å². The maximum absolute atomic E-state index is 13.4. The van der Waals surface area contributed by atoms with Gasteiger partial charge in [-0.25, -0.2) is 4.98 Å². The summed E-state index contributed by atoms with van der Waals surface area (Å²) in [5.74, 6) is 1.44. The van der Waals surface area contributed by atoms with E-state index in [2.05, 4.69) is 34.2 Å². The molecule has 0 bridgehead atoms. The molecule has 3 heterocycles. The molecule has 33 heavy (non-hydrogen) atoms. The van der Waals surface area contributed by atoms with Crippen LogP contribution in [-0.2, 0) is 12.8 Å². The van der Waals surface area contributed by atoms with Gasteiger partial charge in [0.1, 0.15) is 11.8 Å². The number of hydrogen-bond donors (Lipinski definition) is 0. The molecule has 5 rings (SSSR count). The number of benzene rings is 2. The lowest BCUT2D eigenvalue weighted by Crippen LogP contribution is -2.38. The molecule has 0 saturated carbocycles. The first-order chi connectivity index (χ1) is 16.3. The normalized spacial score (nSPS) is 16.0. The van der Waals surface area contributed by atoms with E-state index in [4.69, 9.17) is 4.42 Å². The van der Waals surface area contributed by atoms with Crippen LogP contribution in [0.15, 0.2) is 89.6 Å². The molecule has 1 atom stereocenters. The fourth-order valence-corrected chi connectivity index (χ4v) is 4.41. The smallest absolute Gasteiger partial charge is 0.256 e. The van der Waals surface area contributed by atoms with Crippen molar-refractivity contribution in [2.75, 3.05) is 6.54 Å². The molecule has 1 aliphatic heterocycles. The molecule has 0 aliphatic carbocycles. The van der Waals surface area contributed by atoms with Gasteiger partial charge in [-0.15, -0.1) is 0 Å². The highest BCUT2D eigenvalue weighted by Gasteiger charge is 2.32. The zero-order chi connectivity index (χ0) is 22.5. The number of piperidine rings is 1. The van der Waals surface area contributed by atoms with Crippen LogP contribution < -0.4 is 0 Å². The largest absolute Gasteiger partial charge is 0.443 e. The Morgan fingerprint density at radius 1 is 0.848 bits per heavy atom. The van der Waals surface area contributed by atoms with E-state index in [0.29, 0.717) is 24.4 Å². The fraction of sp³-hybridized carbons (Fsp3) is 0.250. The predicted octanol–water partition coefficient (Wildman–Crippen LogP) is 5.62. The summed E-state index contributed by atoms with van der Waals surface area (Å²) in [7, 11) is 0. The summed E-state index contributed by atoms with van der Waals surface area (Å²) in [6.07, 6.45) is 7.83. The first-order valence-corrected chi connectivity index (χ1v) is 11.5. The summed E-state index contributed by atoms with van der Waals surface area (Å²) in [5, 5.41) is 0. The van der Waals surface area contributed by atoms with E-state index in [0.717, 1.165) is 37.1 Å². The number of carbonyl (C=O) groups excluding carboxylic acids is 1. The topological polar surface area (TPSA) is 59.2 Å². The van der Waals surface area contributed by atoms with Crippen molar-refractivity contribution < 1.29 is 9.21 Å². The number of rotatable bonds is 6. The predicted molar refractivity (Wildman–Crippen MR) is 127 cm³/mol. The summed E-state index contributed by atoms with van der Waals surface area (Å²) in [4.78, 5) is 24.4. The average Bonchev–Trinajstić information content (AvgIpc) is 3.34. The number of oxazole rings is 1. The van der Waals surface area contributed by atoms with Crippen LogP contribution in [0.25, 0.3) is 0 Å². The lowest BCUT2D eigenvalue weighted by atomic mass is 10.0. The Morgan fingerprint density at radius 3 is 2.27 bits per heavy atom. The molecule has 0 N–H and O–H groups in total. The van der Waals surface area contributed by atoms with E-state index in [1.54, 1.807) is 12.4 Å². The van der Waals surface area contributed by atoms with Gasteiger partial charge in [-0.2, -0.15) is 0 Å². The second-order valence-electron chi connectivity index (χ2n) is 8.54. The lowest BCUT2D eigenvalue weighted by molar-refractivity contribution is 0.0569. The quantitative estimate of drug-likeness (QED) is 0.393. The van der Waals surface area contributed by atoms with Gasteiger partial charge in [-0.3, -0.25) is 9.78 Å². The molecule has 2 aromatic heterocycles. The van der Waals surface area contributed by atoms with E-state index in [-0.39, 0.29) is 11.9 Å². The fourth-order valence-electron chi connectivity index (χ4n) is 4.41. The maximum Gasteiger partial charge on any atom is 0.256 e. The molecular formula is C28H27N3O2. The zero-order valence-corrected chi connectivity index (χ0v) is 18.6. The first-order valence-electron chi connectivity index (χ1n) is 11.5. The van der Waals surface area contributed by atoms with Crippen molar-refractivity contribution in [3.05, 3.63) is 119 Å². The van der Waals surface area contributed by atoms with Gasteiger partial charge in [0.2, 0.25) is 5.89 Å². The van der Waals surface area contributed by atoms with E-state index in [1.165, 1.54) is 11.1 Å². The van der Waals surface area contributed by atoms with E-state index in [9.17, 15) is 4.79 Å². The third-order valence-electron chi connectivity index (χ3n) is 6.14. The summed E-state index contributed by atoms with van der Waals surface area (Å²) in [5.41, 5.74) is 3.94. The molecule has 5 nitrogen and oxygen atoms in total. The first kappa shape index (κ1) is 21.1. The Balaban J connectivity index is 1.30. The molecule has 0 spiro atoms. The Labute approximate surface area is 194 Å². The van der Waals surface area contributed by atoms with E-state index in [1.807, 2.05) is 53.4 Å². The van der Waals surface area contributed by atoms with Gasteiger partial charge in [0, 0.05) is 31.3 Å². The van der Waals surface area contributed by atoms with Crippen molar-refractivity contribution in [1.29, 1.82) is 0 Å². The molecule has 4 aromatic rings. The highest BCUT2D eigenvalue weighted by atomic mass is 16.4. The highest BCUT2D eigenvalue weighted by molar-refractivity contribution is 5.94. The third kappa shape index (κ3) is 5.03. The van der Waals surface area contributed by atoms with Gasteiger partial charge in [0.05, 0.1) is 11.8 Å². The monoisotopic (exact) mass is 437 g/mol. The Bertz CT molecular complexity index is 1190. The summed E-state index contributed by atoms with van der Waals surface area (Å²) >= 11 is 0. The molecule has 2 aromatic carbocycles.